The van der Waals surface area contributed by atoms with E-state index in [0.717, 1.165) is 17.7 Å². The minimum absolute atomic E-state index is 0.111. The number of halogens is 2. The first-order chi connectivity index (χ1) is 14.6. The van der Waals surface area contributed by atoms with Crippen LogP contribution in [0.2, 0.25) is 0 Å². The van der Waals surface area contributed by atoms with E-state index < -0.39 is 11.6 Å². The van der Waals surface area contributed by atoms with Crippen LogP contribution in [0.25, 0.3) is 6.08 Å². The maximum atomic E-state index is 15.1. The predicted molar refractivity (Wildman–Crippen MR) is 119 cm³/mol. The summed E-state index contributed by atoms with van der Waals surface area (Å²) in [5.41, 5.74) is 3.15. The molecule has 30 heavy (non-hydrogen) atoms. The van der Waals surface area contributed by atoms with E-state index in [1.54, 1.807) is 30.6 Å². The van der Waals surface area contributed by atoms with Gasteiger partial charge in [0.25, 0.3) is 0 Å². The van der Waals surface area contributed by atoms with Gasteiger partial charge >= 0.3 is 0 Å². The van der Waals surface area contributed by atoms with Gasteiger partial charge in [-0.05, 0) is 42.5 Å². The lowest BCUT2D eigenvalue weighted by Crippen LogP contribution is -2.32. The lowest BCUT2D eigenvalue weighted by molar-refractivity contribution is 0.611. The van der Waals surface area contributed by atoms with Crippen molar-refractivity contribution in [3.8, 4) is 0 Å². The predicted octanol–water partition coefficient (Wildman–Crippen LogP) is 5.14. The zero-order chi connectivity index (χ0) is 21.5. The molecular formula is C23H25F2N5. The number of hydrogen-bond acceptors (Lipinski definition) is 5. The number of aromatic nitrogens is 2. The van der Waals surface area contributed by atoms with Crippen LogP contribution < -0.4 is 10.2 Å². The number of anilines is 2. The fraction of sp³-hybridized carbons (Fsp3) is 0.261. The standard InChI is InChI=1S/C23H25F2N5/c1-4-6-7-20-18(24)12-16(13-28-20)14-29-23-22(25)21(8-10-27-23)30-11-9-19(26-3)17(5-2)15-30/h5-8,10,12-13H,2-4,9,11,14-15H2,1H3,(H,27,29)/b7-6+. The molecule has 3 rings (SSSR count). The van der Waals surface area contributed by atoms with Gasteiger partial charge in [-0.15, -0.1) is 0 Å². The second-order valence-corrected chi connectivity index (χ2v) is 6.87. The van der Waals surface area contributed by atoms with E-state index in [1.165, 1.54) is 6.07 Å². The Kier molecular flexibility index (Phi) is 7.06. The summed E-state index contributed by atoms with van der Waals surface area (Å²) >= 11 is 0. The summed E-state index contributed by atoms with van der Waals surface area (Å²) in [5, 5.41) is 2.95. The van der Waals surface area contributed by atoms with Crippen molar-refractivity contribution in [2.24, 2.45) is 4.99 Å². The van der Waals surface area contributed by atoms with Crippen molar-refractivity contribution < 1.29 is 8.78 Å². The Bertz CT molecular complexity index is 997. The highest BCUT2D eigenvalue weighted by Gasteiger charge is 2.21. The van der Waals surface area contributed by atoms with Crippen LogP contribution in [0, 0.1) is 11.6 Å². The number of hydrogen-bond donors (Lipinski definition) is 1. The third-order valence-electron chi connectivity index (χ3n) is 4.89. The van der Waals surface area contributed by atoms with Gasteiger partial charge < -0.3 is 10.2 Å². The molecule has 0 atom stereocenters. The molecule has 7 heteroatoms. The Balaban J connectivity index is 1.74. The molecule has 0 amide bonds. The van der Waals surface area contributed by atoms with Crippen molar-refractivity contribution in [2.75, 3.05) is 23.3 Å². The number of allylic oxidation sites excluding steroid dienone is 1. The fourth-order valence-electron chi connectivity index (χ4n) is 3.27. The van der Waals surface area contributed by atoms with Gasteiger partial charge in [-0.3, -0.25) is 9.98 Å². The largest absolute Gasteiger partial charge is 0.364 e. The molecule has 0 aliphatic carbocycles. The average Bonchev–Trinajstić information content (AvgIpc) is 2.77. The smallest absolute Gasteiger partial charge is 0.188 e. The van der Waals surface area contributed by atoms with E-state index in [9.17, 15) is 4.39 Å². The number of aliphatic imine (C=N–C) groups is 1. The second kappa shape index (κ2) is 9.91. The number of rotatable bonds is 8. The minimum Gasteiger partial charge on any atom is -0.364 e. The van der Waals surface area contributed by atoms with Crippen LogP contribution in [0.15, 0.2) is 59.5 Å². The maximum absolute atomic E-state index is 15.1. The summed E-state index contributed by atoms with van der Waals surface area (Å²) in [6.07, 6.45) is 9.82. The third-order valence-corrected chi connectivity index (χ3v) is 4.89. The van der Waals surface area contributed by atoms with Crippen molar-refractivity contribution in [1.82, 2.24) is 9.97 Å². The summed E-state index contributed by atoms with van der Waals surface area (Å²) in [7, 11) is 0. The first-order valence-corrected chi connectivity index (χ1v) is 9.82. The molecule has 0 saturated carbocycles. The van der Waals surface area contributed by atoms with Crippen molar-refractivity contribution in [1.29, 1.82) is 0 Å². The van der Waals surface area contributed by atoms with Crippen LogP contribution in [-0.2, 0) is 6.54 Å². The summed E-state index contributed by atoms with van der Waals surface area (Å²) in [5.74, 6) is -0.753. The topological polar surface area (TPSA) is 53.4 Å². The monoisotopic (exact) mass is 409 g/mol. The number of pyridine rings is 2. The van der Waals surface area contributed by atoms with Crippen LogP contribution in [0.3, 0.4) is 0 Å². The van der Waals surface area contributed by atoms with Gasteiger partial charge in [0.2, 0.25) is 0 Å². The molecule has 0 unspecified atom stereocenters. The molecule has 0 radical (unpaired) electrons. The third kappa shape index (κ3) is 4.79. The first kappa shape index (κ1) is 21.4. The van der Waals surface area contributed by atoms with Gasteiger partial charge in [0.05, 0.1) is 11.4 Å². The Morgan fingerprint density at radius 2 is 2.17 bits per heavy atom. The highest BCUT2D eigenvalue weighted by atomic mass is 19.1. The Labute approximate surface area is 175 Å². The average molecular weight is 409 g/mol. The zero-order valence-electron chi connectivity index (χ0n) is 17.0. The molecule has 1 aliphatic heterocycles. The molecular weight excluding hydrogens is 384 g/mol. The molecule has 0 aromatic carbocycles. The van der Waals surface area contributed by atoms with Gasteiger partial charge in [-0.1, -0.05) is 25.7 Å². The molecule has 2 aromatic rings. The van der Waals surface area contributed by atoms with Crippen LogP contribution in [0.5, 0.6) is 0 Å². The normalized spacial score (nSPS) is 14.3. The molecule has 0 saturated heterocycles. The van der Waals surface area contributed by atoms with Gasteiger partial charge in [0, 0.05) is 44.1 Å². The zero-order valence-corrected chi connectivity index (χ0v) is 17.0. The summed E-state index contributed by atoms with van der Waals surface area (Å²) < 4.78 is 29.3. The Morgan fingerprint density at radius 1 is 1.33 bits per heavy atom. The van der Waals surface area contributed by atoms with E-state index in [4.69, 9.17) is 0 Å². The maximum Gasteiger partial charge on any atom is 0.188 e. The molecule has 2 aromatic heterocycles. The molecule has 0 bridgehead atoms. The Hall–Kier alpha value is -3.35. The van der Waals surface area contributed by atoms with Crippen LogP contribution >= 0.6 is 0 Å². The fourth-order valence-corrected chi connectivity index (χ4v) is 3.27. The summed E-state index contributed by atoms with van der Waals surface area (Å²) in [4.78, 5) is 14.2. The van der Waals surface area contributed by atoms with E-state index in [1.807, 2.05) is 17.9 Å². The molecule has 3 heterocycles. The number of nitrogens with zero attached hydrogens (tertiary/aromatic N) is 4. The molecule has 156 valence electrons. The van der Waals surface area contributed by atoms with Crippen LogP contribution in [0.4, 0.5) is 20.3 Å². The van der Waals surface area contributed by atoms with Crippen LogP contribution in [0.1, 0.15) is 31.0 Å². The lowest BCUT2D eigenvalue weighted by atomic mass is 10.1. The summed E-state index contributed by atoms with van der Waals surface area (Å²) in [6.45, 7) is 10.7. The Morgan fingerprint density at radius 3 is 2.87 bits per heavy atom. The van der Waals surface area contributed by atoms with Crippen molar-refractivity contribution in [2.45, 2.75) is 26.3 Å². The van der Waals surface area contributed by atoms with E-state index >= 15 is 4.39 Å². The molecule has 1 N–H and O–H groups in total. The van der Waals surface area contributed by atoms with Gasteiger partial charge in [-0.2, -0.15) is 0 Å². The highest BCUT2D eigenvalue weighted by Crippen LogP contribution is 2.29. The second-order valence-electron chi connectivity index (χ2n) is 6.87. The van der Waals surface area contributed by atoms with Crippen LogP contribution in [-0.4, -0.2) is 29.8 Å². The van der Waals surface area contributed by atoms with E-state index in [0.29, 0.717) is 30.8 Å². The number of nitrogens with one attached hydrogen (secondary N) is 1. The molecule has 5 nitrogen and oxygen atoms in total. The lowest BCUT2D eigenvalue weighted by Gasteiger charge is -2.30. The SMILES string of the molecule is C=CC1=C(N=C)CCN(c2ccnc(NCc3cnc(/C=C/CC)c(F)c3)c2F)C1. The minimum atomic E-state index is -0.452. The van der Waals surface area contributed by atoms with E-state index in [2.05, 4.69) is 33.6 Å². The van der Waals surface area contributed by atoms with Gasteiger partial charge in [-0.25, -0.2) is 13.8 Å². The van der Waals surface area contributed by atoms with Gasteiger partial charge in [0.1, 0.15) is 5.82 Å². The molecule has 0 spiro atoms. The molecule has 1 aliphatic rings. The van der Waals surface area contributed by atoms with Gasteiger partial charge in [0.15, 0.2) is 11.6 Å². The highest BCUT2D eigenvalue weighted by molar-refractivity contribution is 5.58. The van der Waals surface area contributed by atoms with E-state index in [-0.39, 0.29) is 18.1 Å². The quantitative estimate of drug-likeness (QED) is 0.614. The summed E-state index contributed by atoms with van der Waals surface area (Å²) in [6, 6.07) is 3.04. The first-order valence-electron chi connectivity index (χ1n) is 9.82. The van der Waals surface area contributed by atoms with Crippen molar-refractivity contribution in [3.05, 3.63) is 77.4 Å². The van der Waals surface area contributed by atoms with Crippen molar-refractivity contribution in [3.63, 3.8) is 0 Å². The van der Waals surface area contributed by atoms with Crippen molar-refractivity contribution >= 4 is 24.3 Å². The molecule has 0 fully saturated rings.